The molecule has 0 aromatic heterocycles. The number of carbonyl (C=O) groups excluding carboxylic acids is 1. The zero-order valence-corrected chi connectivity index (χ0v) is 14.5. The maximum atomic E-state index is 12.4. The predicted molar refractivity (Wildman–Crippen MR) is 103 cm³/mol. The van der Waals surface area contributed by atoms with Crippen LogP contribution in [0.3, 0.4) is 0 Å². The van der Waals surface area contributed by atoms with Crippen LogP contribution < -0.4 is 15.2 Å². The van der Waals surface area contributed by atoms with E-state index >= 15 is 0 Å². The molecule has 25 heavy (non-hydrogen) atoms. The Bertz CT molecular complexity index is 879. The number of benzene rings is 3. The molecule has 3 aromatic carbocycles. The number of para-hydroxylation sites is 1. The average Bonchev–Trinajstić information content (AvgIpc) is 2.68. The van der Waals surface area contributed by atoms with Gasteiger partial charge in [0.1, 0.15) is 5.75 Å². The molecule has 3 N–H and O–H groups in total. The summed E-state index contributed by atoms with van der Waals surface area (Å²) in [6.45, 7) is 0. The van der Waals surface area contributed by atoms with Crippen LogP contribution in [0.2, 0.25) is 0 Å². The predicted octanol–water partition coefficient (Wildman–Crippen LogP) is 4.58. The standard InChI is InChI=1S/C20H18N2O2S/c1-24-18-8-4-2-7-17(18)20(23)22-15-12-10-14(11-13-15)16-6-3-5-9-19(16)25-21/h2-13H,21H2,1H3,(H,22,23). The highest BCUT2D eigenvalue weighted by molar-refractivity contribution is 7.97. The second kappa shape index (κ2) is 7.88. The molecule has 0 atom stereocenters. The topological polar surface area (TPSA) is 64.3 Å². The molecule has 0 unspecified atom stereocenters. The third kappa shape index (κ3) is 3.84. The smallest absolute Gasteiger partial charge is 0.259 e. The molecule has 5 heteroatoms. The molecule has 0 saturated heterocycles. The molecule has 0 saturated carbocycles. The van der Waals surface area contributed by atoms with Crippen LogP contribution in [0, 0.1) is 0 Å². The van der Waals surface area contributed by atoms with Crippen LogP contribution >= 0.6 is 11.9 Å². The van der Waals surface area contributed by atoms with Gasteiger partial charge in [-0.2, -0.15) is 0 Å². The minimum Gasteiger partial charge on any atom is -0.496 e. The van der Waals surface area contributed by atoms with Crippen molar-refractivity contribution in [1.29, 1.82) is 0 Å². The Kier molecular flexibility index (Phi) is 5.38. The lowest BCUT2D eigenvalue weighted by Crippen LogP contribution is -2.13. The highest BCUT2D eigenvalue weighted by Crippen LogP contribution is 2.29. The Labute approximate surface area is 151 Å². The van der Waals surface area contributed by atoms with Crippen LogP contribution in [0.5, 0.6) is 5.75 Å². The lowest BCUT2D eigenvalue weighted by molar-refractivity contribution is 0.102. The van der Waals surface area contributed by atoms with Gasteiger partial charge in [0, 0.05) is 10.6 Å². The van der Waals surface area contributed by atoms with E-state index in [4.69, 9.17) is 9.88 Å². The van der Waals surface area contributed by atoms with Crippen molar-refractivity contribution in [3.63, 3.8) is 0 Å². The van der Waals surface area contributed by atoms with Crippen molar-refractivity contribution >= 4 is 23.5 Å². The van der Waals surface area contributed by atoms with Crippen molar-refractivity contribution in [2.75, 3.05) is 12.4 Å². The second-order valence-corrected chi connectivity index (χ2v) is 6.02. The van der Waals surface area contributed by atoms with Crippen molar-refractivity contribution in [3.05, 3.63) is 78.4 Å². The molecule has 126 valence electrons. The fourth-order valence-electron chi connectivity index (χ4n) is 2.57. The first-order valence-electron chi connectivity index (χ1n) is 7.73. The first-order valence-corrected chi connectivity index (χ1v) is 8.61. The minimum absolute atomic E-state index is 0.205. The van der Waals surface area contributed by atoms with Gasteiger partial charge in [0.15, 0.2) is 0 Å². The van der Waals surface area contributed by atoms with E-state index in [1.165, 1.54) is 11.9 Å². The number of anilines is 1. The molecule has 1 amide bonds. The largest absolute Gasteiger partial charge is 0.496 e. The number of hydrogen-bond donors (Lipinski definition) is 2. The van der Waals surface area contributed by atoms with Crippen LogP contribution in [0.1, 0.15) is 10.4 Å². The molecule has 0 aliphatic heterocycles. The Morgan fingerprint density at radius 3 is 2.36 bits per heavy atom. The summed E-state index contributed by atoms with van der Waals surface area (Å²) in [5.41, 5.74) is 3.33. The van der Waals surface area contributed by atoms with E-state index in [0.717, 1.165) is 21.7 Å². The van der Waals surface area contributed by atoms with Gasteiger partial charge in [-0.25, -0.2) is 0 Å². The summed E-state index contributed by atoms with van der Waals surface area (Å²) in [7, 11) is 1.55. The van der Waals surface area contributed by atoms with E-state index in [0.29, 0.717) is 11.3 Å². The number of ether oxygens (including phenoxy) is 1. The van der Waals surface area contributed by atoms with Crippen LogP contribution in [0.25, 0.3) is 11.1 Å². The summed E-state index contributed by atoms with van der Waals surface area (Å²) in [6, 6.07) is 22.8. The van der Waals surface area contributed by atoms with E-state index < -0.39 is 0 Å². The molecule has 0 radical (unpaired) electrons. The quantitative estimate of drug-likeness (QED) is 0.661. The molecule has 0 fully saturated rings. The average molecular weight is 350 g/mol. The fourth-order valence-corrected chi connectivity index (χ4v) is 3.04. The summed E-state index contributed by atoms with van der Waals surface area (Å²) in [6.07, 6.45) is 0. The maximum Gasteiger partial charge on any atom is 0.259 e. The van der Waals surface area contributed by atoms with Crippen molar-refractivity contribution in [1.82, 2.24) is 0 Å². The lowest BCUT2D eigenvalue weighted by Gasteiger charge is -2.11. The molecule has 3 aromatic rings. The van der Waals surface area contributed by atoms with E-state index in [9.17, 15) is 4.79 Å². The van der Waals surface area contributed by atoms with Crippen LogP contribution in [-0.4, -0.2) is 13.0 Å². The first kappa shape index (κ1) is 17.1. The van der Waals surface area contributed by atoms with Crippen molar-refractivity contribution in [2.45, 2.75) is 4.90 Å². The van der Waals surface area contributed by atoms with Gasteiger partial charge in [0.05, 0.1) is 12.7 Å². The molecule has 0 spiro atoms. The summed E-state index contributed by atoms with van der Waals surface area (Å²) < 4.78 is 5.23. The highest BCUT2D eigenvalue weighted by Gasteiger charge is 2.12. The molecule has 0 bridgehead atoms. The molecule has 0 aliphatic rings. The van der Waals surface area contributed by atoms with Crippen molar-refractivity contribution in [2.24, 2.45) is 5.14 Å². The third-order valence-electron chi connectivity index (χ3n) is 3.82. The number of hydrogen-bond acceptors (Lipinski definition) is 4. The Morgan fingerprint density at radius 1 is 0.960 bits per heavy atom. The lowest BCUT2D eigenvalue weighted by atomic mass is 10.1. The minimum atomic E-state index is -0.205. The zero-order chi connectivity index (χ0) is 17.6. The number of nitrogens with two attached hydrogens (primary N) is 1. The van der Waals surface area contributed by atoms with Gasteiger partial charge in [-0.1, -0.05) is 42.5 Å². The van der Waals surface area contributed by atoms with E-state index in [1.807, 2.05) is 60.7 Å². The molecule has 0 aliphatic carbocycles. The van der Waals surface area contributed by atoms with E-state index in [-0.39, 0.29) is 5.91 Å². The number of amides is 1. The van der Waals surface area contributed by atoms with Gasteiger partial charge < -0.3 is 10.1 Å². The highest BCUT2D eigenvalue weighted by atomic mass is 32.2. The van der Waals surface area contributed by atoms with Crippen molar-refractivity contribution in [3.8, 4) is 16.9 Å². The van der Waals surface area contributed by atoms with Gasteiger partial charge in [-0.3, -0.25) is 9.93 Å². The summed E-state index contributed by atoms with van der Waals surface area (Å²) in [5.74, 6) is 0.341. The van der Waals surface area contributed by atoms with E-state index in [1.54, 1.807) is 19.2 Å². The second-order valence-electron chi connectivity index (χ2n) is 5.35. The number of nitrogens with one attached hydrogen (secondary N) is 1. The monoisotopic (exact) mass is 350 g/mol. The number of methoxy groups -OCH3 is 1. The summed E-state index contributed by atoms with van der Waals surface area (Å²) >= 11 is 1.22. The summed E-state index contributed by atoms with van der Waals surface area (Å²) in [4.78, 5) is 13.4. The van der Waals surface area contributed by atoms with Crippen molar-refractivity contribution < 1.29 is 9.53 Å². The van der Waals surface area contributed by atoms with E-state index in [2.05, 4.69) is 5.32 Å². The number of carbonyl (C=O) groups is 1. The van der Waals surface area contributed by atoms with Crippen LogP contribution in [0.15, 0.2) is 77.7 Å². The fraction of sp³-hybridized carbons (Fsp3) is 0.0500. The number of rotatable bonds is 5. The van der Waals surface area contributed by atoms with Gasteiger partial charge in [0.2, 0.25) is 0 Å². The maximum absolute atomic E-state index is 12.4. The van der Waals surface area contributed by atoms with Crippen LogP contribution in [0.4, 0.5) is 5.69 Å². The molecule has 3 rings (SSSR count). The molecular formula is C20H18N2O2S. The van der Waals surface area contributed by atoms with Gasteiger partial charge >= 0.3 is 0 Å². The van der Waals surface area contributed by atoms with Gasteiger partial charge in [0.25, 0.3) is 5.91 Å². The SMILES string of the molecule is COc1ccccc1C(=O)Nc1ccc(-c2ccccc2SN)cc1. The molecular weight excluding hydrogens is 332 g/mol. The Hall–Kier alpha value is -2.76. The van der Waals surface area contributed by atoms with Gasteiger partial charge in [-0.15, -0.1) is 0 Å². The van der Waals surface area contributed by atoms with Gasteiger partial charge in [-0.05, 0) is 53.4 Å². The Morgan fingerprint density at radius 2 is 1.64 bits per heavy atom. The molecule has 0 heterocycles. The zero-order valence-electron chi connectivity index (χ0n) is 13.7. The third-order valence-corrected chi connectivity index (χ3v) is 4.43. The molecule has 4 nitrogen and oxygen atoms in total. The summed E-state index contributed by atoms with van der Waals surface area (Å²) in [5, 5.41) is 8.61. The Balaban J connectivity index is 1.80. The van der Waals surface area contributed by atoms with Crippen LogP contribution in [-0.2, 0) is 0 Å². The normalized spacial score (nSPS) is 10.3. The first-order chi connectivity index (χ1) is 12.2.